The van der Waals surface area contributed by atoms with Gasteiger partial charge in [0.15, 0.2) is 9.84 Å². The summed E-state index contributed by atoms with van der Waals surface area (Å²) in [5.41, 5.74) is 0.520. The molecule has 1 aromatic carbocycles. The van der Waals surface area contributed by atoms with E-state index in [1.165, 1.54) is 7.11 Å². The van der Waals surface area contributed by atoms with Crippen molar-refractivity contribution in [1.29, 1.82) is 0 Å². The molecule has 0 aliphatic carbocycles. The highest BCUT2D eigenvalue weighted by Gasteiger charge is 2.33. The fourth-order valence-corrected chi connectivity index (χ4v) is 5.52. The maximum atomic E-state index is 12.7. The Balaban J connectivity index is 1.52. The fourth-order valence-electron chi connectivity index (χ4n) is 3.72. The maximum Gasteiger partial charge on any atom is 0.257 e. The van der Waals surface area contributed by atoms with E-state index in [0.717, 1.165) is 0 Å². The highest BCUT2D eigenvalue weighted by atomic mass is 32.2. The van der Waals surface area contributed by atoms with Gasteiger partial charge in [0.1, 0.15) is 5.75 Å². The van der Waals surface area contributed by atoms with E-state index in [2.05, 4.69) is 0 Å². The number of sulfone groups is 1. The van der Waals surface area contributed by atoms with E-state index in [4.69, 9.17) is 4.74 Å². The number of likely N-dealkylation sites (N-methyl/N-ethyl adjacent to an activating group) is 1. The maximum absolute atomic E-state index is 12.7. The first kappa shape index (κ1) is 20.6. The molecule has 1 atom stereocenters. The molecule has 2 amide bonds. The second-order valence-electron chi connectivity index (χ2n) is 7.35. The third-order valence-corrected chi connectivity index (χ3v) is 7.22. The summed E-state index contributed by atoms with van der Waals surface area (Å²) < 4.78 is 28.5. The van der Waals surface area contributed by atoms with Gasteiger partial charge in [0.2, 0.25) is 5.91 Å². The summed E-state index contributed by atoms with van der Waals surface area (Å²) in [6.07, 6.45) is 0.577. The number of methoxy groups -OCH3 is 1. The van der Waals surface area contributed by atoms with E-state index in [1.807, 2.05) is 11.0 Å². The van der Waals surface area contributed by atoms with Crippen LogP contribution in [0.5, 0.6) is 5.75 Å². The Kier molecular flexibility index (Phi) is 6.24. The highest BCUT2D eigenvalue weighted by molar-refractivity contribution is 7.91. The minimum Gasteiger partial charge on any atom is -0.496 e. The SMILES string of the molecule is COc1ccccc1C(=O)N1CCN(C(=O)CN(C)[C@H]2CCS(=O)(=O)C2)CC1. The summed E-state index contributed by atoms with van der Waals surface area (Å²) in [5.74, 6) is 0.728. The molecule has 2 aliphatic heterocycles. The number of hydrogen-bond donors (Lipinski definition) is 0. The molecule has 8 nitrogen and oxygen atoms in total. The zero-order valence-electron chi connectivity index (χ0n) is 16.3. The van der Waals surface area contributed by atoms with Crippen molar-refractivity contribution in [3.05, 3.63) is 29.8 Å². The van der Waals surface area contributed by atoms with Crippen LogP contribution in [0.3, 0.4) is 0 Å². The van der Waals surface area contributed by atoms with Crippen molar-refractivity contribution in [1.82, 2.24) is 14.7 Å². The molecule has 2 aliphatic rings. The predicted molar refractivity (Wildman–Crippen MR) is 105 cm³/mol. The zero-order chi connectivity index (χ0) is 20.3. The Morgan fingerprint density at radius 3 is 2.39 bits per heavy atom. The minimum atomic E-state index is -2.97. The number of benzene rings is 1. The van der Waals surface area contributed by atoms with Gasteiger partial charge < -0.3 is 14.5 Å². The third kappa shape index (κ3) is 4.64. The monoisotopic (exact) mass is 409 g/mol. The summed E-state index contributed by atoms with van der Waals surface area (Å²) in [4.78, 5) is 30.6. The first-order chi connectivity index (χ1) is 13.3. The van der Waals surface area contributed by atoms with Crippen LogP contribution in [-0.2, 0) is 14.6 Å². The molecule has 2 fully saturated rings. The van der Waals surface area contributed by atoms with Crippen molar-refractivity contribution in [2.24, 2.45) is 0 Å². The van der Waals surface area contributed by atoms with E-state index < -0.39 is 9.84 Å². The van der Waals surface area contributed by atoms with Crippen LogP contribution < -0.4 is 4.74 Å². The number of nitrogens with zero attached hydrogens (tertiary/aromatic N) is 3. The van der Waals surface area contributed by atoms with Gasteiger partial charge in [0.25, 0.3) is 5.91 Å². The van der Waals surface area contributed by atoms with Crippen LogP contribution >= 0.6 is 0 Å². The Labute approximate surface area is 166 Å². The number of carbonyl (C=O) groups is 2. The number of piperazine rings is 1. The number of hydrogen-bond acceptors (Lipinski definition) is 6. The number of amides is 2. The molecular weight excluding hydrogens is 382 g/mol. The van der Waals surface area contributed by atoms with E-state index in [0.29, 0.717) is 43.9 Å². The van der Waals surface area contributed by atoms with E-state index in [-0.39, 0.29) is 35.9 Å². The van der Waals surface area contributed by atoms with E-state index in [9.17, 15) is 18.0 Å². The Morgan fingerprint density at radius 2 is 1.79 bits per heavy atom. The minimum absolute atomic E-state index is 0.0313. The lowest BCUT2D eigenvalue weighted by Crippen LogP contribution is -2.53. The van der Waals surface area contributed by atoms with Crippen molar-refractivity contribution in [3.8, 4) is 5.75 Å². The van der Waals surface area contributed by atoms with Crippen molar-refractivity contribution < 1.29 is 22.7 Å². The Morgan fingerprint density at radius 1 is 1.14 bits per heavy atom. The van der Waals surface area contributed by atoms with Crippen LogP contribution in [0.1, 0.15) is 16.8 Å². The van der Waals surface area contributed by atoms with Crippen LogP contribution in [0.15, 0.2) is 24.3 Å². The highest BCUT2D eigenvalue weighted by Crippen LogP contribution is 2.20. The fraction of sp³-hybridized carbons (Fsp3) is 0.579. The number of ether oxygens (including phenoxy) is 1. The van der Waals surface area contributed by atoms with Gasteiger partial charge in [0, 0.05) is 32.2 Å². The second kappa shape index (κ2) is 8.48. The van der Waals surface area contributed by atoms with Crippen LogP contribution in [-0.4, -0.2) is 99.4 Å². The summed E-state index contributed by atoms with van der Waals surface area (Å²) in [6, 6.07) is 7.02. The third-order valence-electron chi connectivity index (χ3n) is 5.47. The average Bonchev–Trinajstić information content (AvgIpc) is 3.07. The first-order valence-corrected chi connectivity index (χ1v) is 11.2. The van der Waals surface area contributed by atoms with Gasteiger partial charge in [-0.25, -0.2) is 8.42 Å². The van der Waals surface area contributed by atoms with Crippen molar-refractivity contribution in [3.63, 3.8) is 0 Å². The lowest BCUT2D eigenvalue weighted by molar-refractivity contribution is -0.134. The number of rotatable bonds is 5. The van der Waals surface area contributed by atoms with Gasteiger partial charge in [-0.2, -0.15) is 0 Å². The molecule has 0 unspecified atom stereocenters. The van der Waals surface area contributed by atoms with E-state index in [1.54, 1.807) is 35.0 Å². The summed E-state index contributed by atoms with van der Waals surface area (Å²) in [7, 11) is 0.362. The zero-order valence-corrected chi connectivity index (χ0v) is 17.2. The van der Waals surface area contributed by atoms with Gasteiger partial charge in [-0.1, -0.05) is 12.1 Å². The summed E-state index contributed by atoms with van der Waals surface area (Å²) in [6.45, 7) is 2.06. The lowest BCUT2D eigenvalue weighted by atomic mass is 10.1. The van der Waals surface area contributed by atoms with Gasteiger partial charge >= 0.3 is 0 Å². The van der Waals surface area contributed by atoms with Crippen molar-refractivity contribution >= 4 is 21.7 Å². The molecule has 2 heterocycles. The Bertz CT molecular complexity index is 834. The molecule has 0 radical (unpaired) electrons. The average molecular weight is 410 g/mol. The second-order valence-corrected chi connectivity index (χ2v) is 9.57. The number of para-hydroxylation sites is 1. The van der Waals surface area contributed by atoms with Crippen LogP contribution in [0.4, 0.5) is 0 Å². The largest absolute Gasteiger partial charge is 0.496 e. The van der Waals surface area contributed by atoms with Crippen LogP contribution in [0.2, 0.25) is 0 Å². The van der Waals surface area contributed by atoms with Crippen molar-refractivity contribution in [2.45, 2.75) is 12.5 Å². The molecular formula is C19H27N3O5S. The van der Waals surface area contributed by atoms with Gasteiger partial charge in [-0.15, -0.1) is 0 Å². The lowest BCUT2D eigenvalue weighted by Gasteiger charge is -2.36. The first-order valence-electron chi connectivity index (χ1n) is 9.41. The van der Waals surface area contributed by atoms with E-state index >= 15 is 0 Å². The molecule has 0 saturated carbocycles. The van der Waals surface area contributed by atoms with Gasteiger partial charge in [-0.05, 0) is 25.6 Å². The topological polar surface area (TPSA) is 87.2 Å². The standard InChI is InChI=1S/C19H27N3O5S/c1-20(15-7-12-28(25,26)14-15)13-18(23)21-8-10-22(11-9-21)19(24)16-5-3-4-6-17(16)27-2/h3-6,15H,7-14H2,1-2H3/t15-/m0/s1. The smallest absolute Gasteiger partial charge is 0.257 e. The normalized spacial score (nSPS) is 21.8. The molecule has 0 aromatic heterocycles. The molecule has 9 heteroatoms. The molecule has 3 rings (SSSR count). The molecule has 28 heavy (non-hydrogen) atoms. The molecule has 0 spiro atoms. The van der Waals surface area contributed by atoms with Gasteiger partial charge in [-0.3, -0.25) is 14.5 Å². The van der Waals surface area contributed by atoms with Crippen molar-refractivity contribution in [2.75, 3.05) is 58.4 Å². The summed E-state index contributed by atoms with van der Waals surface area (Å²) in [5, 5.41) is 0. The van der Waals surface area contributed by atoms with Crippen LogP contribution in [0.25, 0.3) is 0 Å². The number of carbonyl (C=O) groups excluding carboxylic acids is 2. The molecule has 0 N–H and O–H groups in total. The molecule has 154 valence electrons. The predicted octanol–water partition coefficient (Wildman–Crippen LogP) is 0.0985. The molecule has 0 bridgehead atoms. The molecule has 1 aromatic rings. The Hall–Kier alpha value is -2.13. The molecule has 2 saturated heterocycles. The van der Waals surface area contributed by atoms with Crippen LogP contribution in [0, 0.1) is 0 Å². The summed E-state index contributed by atoms with van der Waals surface area (Å²) >= 11 is 0. The quantitative estimate of drug-likeness (QED) is 0.686. The van der Waals surface area contributed by atoms with Gasteiger partial charge in [0.05, 0.1) is 30.7 Å².